The minimum absolute atomic E-state index is 0.0655. The molecule has 1 aromatic rings. The number of aryl methyl sites for hydroxylation is 1. The molecule has 0 aliphatic heterocycles. The van der Waals surface area contributed by atoms with Crippen molar-refractivity contribution in [3.8, 4) is 11.8 Å². The third-order valence-electron chi connectivity index (χ3n) is 1.39. The molecule has 1 aromatic carbocycles. The number of benzene rings is 1. The van der Waals surface area contributed by atoms with Gasteiger partial charge in [0, 0.05) is 4.47 Å². The molecular weight excluding hydrogens is 206 g/mol. The predicted octanol–water partition coefficient (Wildman–Crippen LogP) is 2.33. The summed E-state index contributed by atoms with van der Waals surface area (Å²) in [6, 6.07) is 5.24. The van der Waals surface area contributed by atoms with Crippen LogP contribution in [0.15, 0.2) is 16.6 Å². The van der Waals surface area contributed by atoms with E-state index in [0.717, 1.165) is 4.47 Å². The van der Waals surface area contributed by atoms with Crippen LogP contribution in [0.5, 0.6) is 5.75 Å². The van der Waals surface area contributed by atoms with E-state index in [9.17, 15) is 5.11 Å². The second-order valence-electron chi connectivity index (χ2n) is 2.23. The molecule has 3 heteroatoms. The number of aromatic hydroxyl groups is 1. The summed E-state index contributed by atoms with van der Waals surface area (Å²) in [5, 5.41) is 17.8. The van der Waals surface area contributed by atoms with Gasteiger partial charge >= 0.3 is 0 Å². The van der Waals surface area contributed by atoms with Gasteiger partial charge in [-0.15, -0.1) is 0 Å². The van der Waals surface area contributed by atoms with Crippen LogP contribution in [0.4, 0.5) is 0 Å². The minimum Gasteiger partial charge on any atom is -0.506 e. The number of rotatable bonds is 0. The van der Waals surface area contributed by atoms with Gasteiger partial charge in [0.1, 0.15) is 11.8 Å². The van der Waals surface area contributed by atoms with Gasteiger partial charge in [-0.05, 0) is 24.6 Å². The smallest absolute Gasteiger partial charge is 0.136 e. The lowest BCUT2D eigenvalue weighted by atomic mass is 10.1. The number of hydrogen-bond acceptors (Lipinski definition) is 2. The summed E-state index contributed by atoms with van der Waals surface area (Å²) in [5.74, 6) is 0.0655. The Labute approximate surface area is 73.2 Å². The number of phenolic OH excluding ortho intramolecular Hbond substituents is 1. The van der Waals surface area contributed by atoms with E-state index in [2.05, 4.69) is 15.9 Å². The van der Waals surface area contributed by atoms with E-state index in [1.54, 1.807) is 19.1 Å². The van der Waals surface area contributed by atoms with E-state index < -0.39 is 0 Å². The average Bonchev–Trinajstić information content (AvgIpc) is 1.96. The molecule has 0 saturated carbocycles. The van der Waals surface area contributed by atoms with Gasteiger partial charge in [-0.25, -0.2) is 0 Å². The Bertz CT molecular complexity index is 328. The standard InChI is InChI=1S/C8H6BrNO/c1-5-2-7(9)3-6(4-10)8(5)11/h2-3,11H,1H3. The summed E-state index contributed by atoms with van der Waals surface area (Å²) in [5.41, 5.74) is 1.01. The topological polar surface area (TPSA) is 44.0 Å². The molecule has 0 aliphatic carbocycles. The second kappa shape index (κ2) is 2.93. The number of nitrogens with zero attached hydrogens (tertiary/aromatic N) is 1. The minimum atomic E-state index is 0.0655. The van der Waals surface area contributed by atoms with Gasteiger partial charge in [0.25, 0.3) is 0 Å². The second-order valence-corrected chi connectivity index (χ2v) is 3.15. The summed E-state index contributed by atoms with van der Waals surface area (Å²) < 4.78 is 0.810. The van der Waals surface area contributed by atoms with E-state index in [0.29, 0.717) is 11.1 Å². The Balaban J connectivity index is 3.39. The molecule has 0 fully saturated rings. The van der Waals surface area contributed by atoms with E-state index >= 15 is 0 Å². The summed E-state index contributed by atoms with van der Waals surface area (Å²) in [4.78, 5) is 0. The van der Waals surface area contributed by atoms with Crippen LogP contribution in [0.2, 0.25) is 0 Å². The highest BCUT2D eigenvalue weighted by Crippen LogP contribution is 2.25. The van der Waals surface area contributed by atoms with E-state index in [1.165, 1.54) is 0 Å². The molecule has 56 valence electrons. The molecule has 0 aromatic heterocycles. The van der Waals surface area contributed by atoms with E-state index in [4.69, 9.17) is 5.26 Å². The lowest BCUT2D eigenvalue weighted by Crippen LogP contribution is -1.81. The first-order valence-electron chi connectivity index (χ1n) is 3.04. The van der Waals surface area contributed by atoms with Crippen molar-refractivity contribution in [3.05, 3.63) is 27.7 Å². The van der Waals surface area contributed by atoms with Crippen molar-refractivity contribution >= 4 is 15.9 Å². The summed E-state index contributed by atoms with van der Waals surface area (Å²) in [6.45, 7) is 1.75. The quantitative estimate of drug-likeness (QED) is 0.717. The van der Waals surface area contributed by atoms with Crippen LogP contribution in [0.25, 0.3) is 0 Å². The summed E-state index contributed by atoms with van der Waals surface area (Å²) in [6.07, 6.45) is 0. The molecule has 0 amide bonds. The molecule has 0 aliphatic rings. The highest BCUT2D eigenvalue weighted by Gasteiger charge is 2.03. The predicted molar refractivity (Wildman–Crippen MR) is 45.3 cm³/mol. The van der Waals surface area contributed by atoms with Crippen molar-refractivity contribution in [1.82, 2.24) is 0 Å². The Morgan fingerprint density at radius 3 is 2.73 bits per heavy atom. The number of nitriles is 1. The zero-order valence-electron chi connectivity index (χ0n) is 5.93. The zero-order valence-corrected chi connectivity index (χ0v) is 7.51. The normalized spacial score (nSPS) is 9.18. The van der Waals surface area contributed by atoms with Crippen molar-refractivity contribution in [2.75, 3.05) is 0 Å². The van der Waals surface area contributed by atoms with Gasteiger partial charge in [-0.2, -0.15) is 5.26 Å². The molecule has 0 spiro atoms. The fourth-order valence-corrected chi connectivity index (χ4v) is 1.39. The molecule has 1 N–H and O–H groups in total. The number of phenols is 1. The zero-order chi connectivity index (χ0) is 8.43. The fraction of sp³-hybridized carbons (Fsp3) is 0.125. The van der Waals surface area contributed by atoms with Crippen LogP contribution in [0.3, 0.4) is 0 Å². The Kier molecular flexibility index (Phi) is 2.16. The maximum absolute atomic E-state index is 9.28. The van der Waals surface area contributed by atoms with Gasteiger partial charge in [0.2, 0.25) is 0 Å². The summed E-state index contributed by atoms with van der Waals surface area (Å²) in [7, 11) is 0. The van der Waals surface area contributed by atoms with Gasteiger partial charge in [-0.3, -0.25) is 0 Å². The van der Waals surface area contributed by atoms with Gasteiger partial charge < -0.3 is 5.11 Å². The number of hydrogen-bond donors (Lipinski definition) is 1. The molecule has 1 rings (SSSR count). The average molecular weight is 212 g/mol. The van der Waals surface area contributed by atoms with Gasteiger partial charge in [0.15, 0.2) is 0 Å². The molecule has 11 heavy (non-hydrogen) atoms. The van der Waals surface area contributed by atoms with E-state index in [1.807, 2.05) is 6.07 Å². The third-order valence-corrected chi connectivity index (χ3v) is 1.84. The molecular formula is C8H6BrNO. The largest absolute Gasteiger partial charge is 0.506 e. The van der Waals surface area contributed by atoms with Crippen molar-refractivity contribution < 1.29 is 5.11 Å². The molecule has 0 unspecified atom stereocenters. The maximum atomic E-state index is 9.28. The maximum Gasteiger partial charge on any atom is 0.136 e. The van der Waals surface area contributed by atoms with Crippen LogP contribution in [0, 0.1) is 18.3 Å². The lowest BCUT2D eigenvalue weighted by Gasteiger charge is -2.00. The molecule has 0 saturated heterocycles. The van der Waals surface area contributed by atoms with Crippen LogP contribution in [-0.2, 0) is 0 Å². The van der Waals surface area contributed by atoms with Crippen LogP contribution in [-0.4, -0.2) is 5.11 Å². The first-order chi connectivity index (χ1) is 5.15. The van der Waals surface area contributed by atoms with Crippen molar-refractivity contribution in [2.24, 2.45) is 0 Å². The highest BCUT2D eigenvalue weighted by molar-refractivity contribution is 9.10. The number of halogens is 1. The first-order valence-corrected chi connectivity index (χ1v) is 3.83. The molecule has 0 heterocycles. The molecule has 0 bridgehead atoms. The highest BCUT2D eigenvalue weighted by atomic mass is 79.9. The van der Waals surface area contributed by atoms with Crippen LogP contribution in [0.1, 0.15) is 11.1 Å². The van der Waals surface area contributed by atoms with Crippen LogP contribution < -0.4 is 0 Å². The monoisotopic (exact) mass is 211 g/mol. The first kappa shape index (κ1) is 8.09. The Hall–Kier alpha value is -1.01. The van der Waals surface area contributed by atoms with Crippen LogP contribution >= 0.6 is 15.9 Å². The van der Waals surface area contributed by atoms with Crippen molar-refractivity contribution in [3.63, 3.8) is 0 Å². The van der Waals surface area contributed by atoms with Gasteiger partial charge in [0.05, 0.1) is 5.56 Å². The SMILES string of the molecule is Cc1cc(Br)cc(C#N)c1O. The third kappa shape index (κ3) is 1.52. The summed E-state index contributed by atoms with van der Waals surface area (Å²) >= 11 is 3.23. The Morgan fingerprint density at radius 1 is 1.55 bits per heavy atom. The molecule has 2 nitrogen and oxygen atoms in total. The van der Waals surface area contributed by atoms with Gasteiger partial charge in [-0.1, -0.05) is 15.9 Å². The van der Waals surface area contributed by atoms with E-state index in [-0.39, 0.29) is 5.75 Å². The van der Waals surface area contributed by atoms with Crippen molar-refractivity contribution in [1.29, 1.82) is 5.26 Å². The Morgan fingerprint density at radius 2 is 2.18 bits per heavy atom. The molecule has 0 atom stereocenters. The lowest BCUT2D eigenvalue weighted by molar-refractivity contribution is 0.469. The fourth-order valence-electron chi connectivity index (χ4n) is 0.821. The van der Waals surface area contributed by atoms with Crippen molar-refractivity contribution in [2.45, 2.75) is 6.92 Å². The molecule has 0 radical (unpaired) electrons.